The van der Waals surface area contributed by atoms with E-state index in [1.54, 1.807) is 17.8 Å². The Morgan fingerprint density at radius 2 is 2.20 bits per heavy atom. The summed E-state index contributed by atoms with van der Waals surface area (Å²) in [4.78, 5) is 2.14. The predicted octanol–water partition coefficient (Wildman–Crippen LogP) is 2.26. The summed E-state index contributed by atoms with van der Waals surface area (Å²) in [6, 6.07) is 5.15. The van der Waals surface area contributed by atoms with E-state index >= 15 is 0 Å². The van der Waals surface area contributed by atoms with Gasteiger partial charge in [-0.3, -0.25) is 16.2 Å². The van der Waals surface area contributed by atoms with Crippen LogP contribution in [0.2, 0.25) is 0 Å². The van der Waals surface area contributed by atoms with Gasteiger partial charge in [-0.25, -0.2) is 0 Å². The molecular formula is C13H18F3N3S. The van der Waals surface area contributed by atoms with Crippen LogP contribution in [0.15, 0.2) is 24.3 Å². The van der Waals surface area contributed by atoms with Gasteiger partial charge in [0.05, 0.1) is 11.6 Å². The Morgan fingerprint density at radius 1 is 1.45 bits per heavy atom. The lowest BCUT2D eigenvalue weighted by Crippen LogP contribution is -2.49. The smallest absolute Gasteiger partial charge is 0.300 e. The van der Waals surface area contributed by atoms with Gasteiger partial charge in [-0.15, -0.1) is 0 Å². The first-order valence-corrected chi connectivity index (χ1v) is 7.50. The number of hydrogen-bond acceptors (Lipinski definition) is 4. The summed E-state index contributed by atoms with van der Waals surface area (Å²) in [6.45, 7) is 0.909. The van der Waals surface area contributed by atoms with Crippen molar-refractivity contribution in [2.45, 2.75) is 18.3 Å². The maximum Gasteiger partial charge on any atom is 0.416 e. The molecule has 1 saturated heterocycles. The van der Waals surface area contributed by atoms with Crippen molar-refractivity contribution >= 4 is 11.8 Å². The van der Waals surface area contributed by atoms with Crippen LogP contribution in [0.25, 0.3) is 0 Å². The molecule has 7 heteroatoms. The number of halogens is 3. The van der Waals surface area contributed by atoms with Crippen LogP contribution >= 0.6 is 11.8 Å². The number of likely N-dealkylation sites (N-methyl/N-ethyl adjacent to an activating group) is 1. The number of rotatable bonds is 3. The molecule has 2 unspecified atom stereocenters. The van der Waals surface area contributed by atoms with Gasteiger partial charge in [-0.1, -0.05) is 12.1 Å². The second-order valence-corrected chi connectivity index (χ2v) is 6.04. The topological polar surface area (TPSA) is 41.3 Å². The van der Waals surface area contributed by atoms with Crippen molar-refractivity contribution in [2.75, 3.05) is 25.1 Å². The Kier molecular flexibility index (Phi) is 4.95. The van der Waals surface area contributed by atoms with E-state index in [0.29, 0.717) is 5.56 Å². The van der Waals surface area contributed by atoms with Gasteiger partial charge < -0.3 is 0 Å². The maximum absolute atomic E-state index is 12.8. The zero-order valence-corrected chi connectivity index (χ0v) is 12.0. The number of nitrogens with one attached hydrogen (secondary N) is 1. The molecule has 1 aromatic carbocycles. The van der Waals surface area contributed by atoms with Gasteiger partial charge in [0.25, 0.3) is 0 Å². The molecule has 1 aromatic rings. The third kappa shape index (κ3) is 3.46. The molecule has 0 saturated carbocycles. The van der Waals surface area contributed by atoms with E-state index in [1.807, 2.05) is 7.05 Å². The van der Waals surface area contributed by atoms with Crippen LogP contribution in [0.4, 0.5) is 13.2 Å². The molecule has 2 rings (SSSR count). The highest BCUT2D eigenvalue weighted by Gasteiger charge is 2.33. The van der Waals surface area contributed by atoms with Crippen molar-refractivity contribution < 1.29 is 13.2 Å². The van der Waals surface area contributed by atoms with Gasteiger partial charge in [0.2, 0.25) is 0 Å². The molecule has 1 aliphatic rings. The monoisotopic (exact) mass is 305 g/mol. The van der Waals surface area contributed by atoms with Crippen molar-refractivity contribution in [3.63, 3.8) is 0 Å². The van der Waals surface area contributed by atoms with E-state index in [1.165, 1.54) is 12.1 Å². The summed E-state index contributed by atoms with van der Waals surface area (Å²) < 4.78 is 38.4. The highest BCUT2D eigenvalue weighted by Crippen LogP contribution is 2.32. The summed E-state index contributed by atoms with van der Waals surface area (Å²) >= 11 is 1.80. The Labute approximate surface area is 120 Å². The summed E-state index contributed by atoms with van der Waals surface area (Å²) in [5.41, 5.74) is 2.61. The SMILES string of the molecule is CN1CCSCC1C(NN)c1cccc(C(F)(F)F)c1. The van der Waals surface area contributed by atoms with E-state index in [-0.39, 0.29) is 12.1 Å². The first kappa shape index (κ1) is 15.6. The molecule has 2 atom stereocenters. The second-order valence-electron chi connectivity index (χ2n) is 4.89. The van der Waals surface area contributed by atoms with Gasteiger partial charge in [0.15, 0.2) is 0 Å². The number of alkyl halides is 3. The fraction of sp³-hybridized carbons (Fsp3) is 0.538. The van der Waals surface area contributed by atoms with E-state index in [2.05, 4.69) is 10.3 Å². The van der Waals surface area contributed by atoms with Crippen LogP contribution in [-0.2, 0) is 6.18 Å². The second kappa shape index (κ2) is 6.34. The van der Waals surface area contributed by atoms with Gasteiger partial charge >= 0.3 is 6.18 Å². The van der Waals surface area contributed by atoms with Gasteiger partial charge in [-0.05, 0) is 24.7 Å². The molecule has 112 valence electrons. The summed E-state index contributed by atoms with van der Waals surface area (Å²) in [5, 5.41) is 0. The molecule has 0 bridgehead atoms. The number of nitrogens with zero attached hydrogens (tertiary/aromatic N) is 1. The molecule has 1 fully saturated rings. The summed E-state index contributed by atoms with van der Waals surface area (Å²) in [7, 11) is 1.97. The van der Waals surface area contributed by atoms with Gasteiger partial charge in [-0.2, -0.15) is 24.9 Å². The molecule has 0 radical (unpaired) electrons. The number of hydrazine groups is 1. The van der Waals surface area contributed by atoms with Gasteiger partial charge in [0, 0.05) is 24.1 Å². The molecule has 1 aliphatic heterocycles. The minimum absolute atomic E-state index is 0.0854. The van der Waals surface area contributed by atoms with E-state index in [4.69, 9.17) is 5.84 Å². The third-order valence-corrected chi connectivity index (χ3v) is 4.63. The molecule has 3 N–H and O–H groups in total. The normalized spacial score (nSPS) is 22.8. The lowest BCUT2D eigenvalue weighted by Gasteiger charge is -2.37. The third-order valence-electron chi connectivity index (χ3n) is 3.58. The Hall–Kier alpha value is -0.760. The van der Waals surface area contributed by atoms with Crippen molar-refractivity contribution in [2.24, 2.45) is 5.84 Å². The minimum atomic E-state index is -4.33. The van der Waals surface area contributed by atoms with Crippen molar-refractivity contribution in [3.8, 4) is 0 Å². The fourth-order valence-electron chi connectivity index (χ4n) is 2.39. The molecule has 3 nitrogen and oxygen atoms in total. The highest BCUT2D eigenvalue weighted by molar-refractivity contribution is 7.99. The molecule has 0 spiro atoms. The largest absolute Gasteiger partial charge is 0.416 e. The predicted molar refractivity (Wildman–Crippen MR) is 75.3 cm³/mol. The van der Waals surface area contributed by atoms with Crippen molar-refractivity contribution in [3.05, 3.63) is 35.4 Å². The van der Waals surface area contributed by atoms with Crippen LogP contribution < -0.4 is 11.3 Å². The maximum atomic E-state index is 12.8. The number of nitrogens with two attached hydrogens (primary N) is 1. The van der Waals surface area contributed by atoms with Crippen LogP contribution in [0.3, 0.4) is 0 Å². The van der Waals surface area contributed by atoms with Crippen molar-refractivity contribution in [1.82, 2.24) is 10.3 Å². The highest BCUT2D eigenvalue weighted by atomic mass is 32.2. The molecule has 20 heavy (non-hydrogen) atoms. The molecule has 0 amide bonds. The quantitative estimate of drug-likeness (QED) is 0.664. The fourth-order valence-corrected chi connectivity index (χ4v) is 3.67. The van der Waals surface area contributed by atoms with Crippen LogP contribution in [0.1, 0.15) is 17.2 Å². The zero-order valence-electron chi connectivity index (χ0n) is 11.2. The zero-order chi connectivity index (χ0) is 14.8. The Morgan fingerprint density at radius 3 is 2.80 bits per heavy atom. The number of hydrogen-bond donors (Lipinski definition) is 2. The van der Waals surface area contributed by atoms with E-state index in [0.717, 1.165) is 24.1 Å². The number of benzene rings is 1. The number of thioether (sulfide) groups is 1. The van der Waals surface area contributed by atoms with Crippen molar-refractivity contribution in [1.29, 1.82) is 0 Å². The first-order chi connectivity index (χ1) is 9.43. The molecule has 0 aliphatic carbocycles. The van der Waals surface area contributed by atoms with Crippen LogP contribution in [0, 0.1) is 0 Å². The Bertz CT molecular complexity index is 453. The van der Waals surface area contributed by atoms with Crippen LogP contribution in [0.5, 0.6) is 0 Å². The Balaban J connectivity index is 2.27. The standard InChI is InChI=1S/C13H18F3N3S/c1-19-5-6-20-8-11(19)12(18-17)9-3-2-4-10(7-9)13(14,15)16/h2-4,7,11-12,18H,5-6,8,17H2,1H3. The van der Waals surface area contributed by atoms with Gasteiger partial charge in [0.1, 0.15) is 0 Å². The first-order valence-electron chi connectivity index (χ1n) is 6.34. The molecule has 0 aromatic heterocycles. The van der Waals surface area contributed by atoms with Crippen LogP contribution in [-0.4, -0.2) is 36.0 Å². The lowest BCUT2D eigenvalue weighted by atomic mass is 9.98. The minimum Gasteiger partial charge on any atom is -0.300 e. The summed E-state index contributed by atoms with van der Waals surface area (Å²) in [5.74, 6) is 7.47. The van der Waals surface area contributed by atoms with E-state index in [9.17, 15) is 13.2 Å². The lowest BCUT2D eigenvalue weighted by molar-refractivity contribution is -0.137. The molecular weight excluding hydrogens is 287 g/mol. The molecule has 1 heterocycles. The average Bonchev–Trinajstić information content (AvgIpc) is 2.41. The van der Waals surface area contributed by atoms with E-state index < -0.39 is 11.7 Å². The average molecular weight is 305 g/mol. The summed E-state index contributed by atoms with van der Waals surface area (Å²) in [6.07, 6.45) is -4.33.